The van der Waals surface area contributed by atoms with Gasteiger partial charge in [-0.1, -0.05) is 54.1 Å². The quantitative estimate of drug-likeness (QED) is 0.463. The van der Waals surface area contributed by atoms with Gasteiger partial charge in [0.05, 0.1) is 17.8 Å². The fraction of sp³-hybridized carbons (Fsp3) is 0.400. The number of aryl methyl sites for hydroxylation is 1. The van der Waals surface area contributed by atoms with Crippen molar-refractivity contribution in [3.05, 3.63) is 70.2 Å². The number of rotatable bonds is 6. The molecule has 3 aromatic rings. The average molecular weight is 502 g/mol. The normalized spacial score (nSPS) is 22.2. The van der Waals surface area contributed by atoms with E-state index in [0.717, 1.165) is 59.5 Å². The van der Waals surface area contributed by atoms with Crippen LogP contribution in [-0.2, 0) is 24.2 Å². The van der Waals surface area contributed by atoms with Crippen LogP contribution in [0.25, 0.3) is 22.4 Å². The van der Waals surface area contributed by atoms with Crippen molar-refractivity contribution in [3.8, 4) is 28.3 Å². The van der Waals surface area contributed by atoms with Gasteiger partial charge in [-0.2, -0.15) is 0 Å². The van der Waals surface area contributed by atoms with Crippen molar-refractivity contribution in [1.29, 1.82) is 0 Å². The number of nitrogens with one attached hydrogen (secondary N) is 1. The second kappa shape index (κ2) is 9.53. The number of methoxy groups -OCH3 is 1. The molecular formula is C30H32ClN3O2. The predicted octanol–water partition coefficient (Wildman–Crippen LogP) is 5.81. The lowest BCUT2D eigenvalue weighted by molar-refractivity contribution is -0.130. The van der Waals surface area contributed by atoms with Crippen LogP contribution in [0.2, 0.25) is 5.02 Å². The number of hydrogen-bond donors (Lipinski definition) is 1. The van der Waals surface area contributed by atoms with Gasteiger partial charge in [0.15, 0.2) is 0 Å². The monoisotopic (exact) mass is 501 g/mol. The number of ether oxygens (including phenoxy) is 1. The Kier molecular flexibility index (Phi) is 6.22. The molecule has 2 bridgehead atoms. The van der Waals surface area contributed by atoms with Crippen molar-refractivity contribution >= 4 is 17.5 Å². The Morgan fingerprint density at radius 1 is 1.08 bits per heavy atom. The third kappa shape index (κ3) is 3.99. The van der Waals surface area contributed by atoms with Crippen molar-refractivity contribution in [2.75, 3.05) is 7.11 Å². The van der Waals surface area contributed by atoms with E-state index in [1.54, 1.807) is 14.0 Å². The maximum absolute atomic E-state index is 12.1. The van der Waals surface area contributed by atoms with Crippen LogP contribution in [0.4, 0.5) is 0 Å². The zero-order valence-electron chi connectivity index (χ0n) is 20.9. The maximum Gasteiger partial charge on any atom is 0.219 e. The van der Waals surface area contributed by atoms with Crippen molar-refractivity contribution in [3.63, 3.8) is 0 Å². The van der Waals surface area contributed by atoms with E-state index in [9.17, 15) is 4.79 Å². The number of nitrogens with zero attached hydrogens (tertiary/aromatic N) is 2. The van der Waals surface area contributed by atoms with E-state index in [0.29, 0.717) is 30.6 Å². The van der Waals surface area contributed by atoms with E-state index in [1.165, 1.54) is 23.1 Å². The van der Waals surface area contributed by atoms with E-state index in [1.807, 2.05) is 12.1 Å². The zero-order valence-corrected chi connectivity index (χ0v) is 21.6. The average Bonchev–Trinajstić information content (AvgIpc) is 3.62. The smallest absolute Gasteiger partial charge is 0.219 e. The highest BCUT2D eigenvalue weighted by Gasteiger charge is 2.47. The van der Waals surface area contributed by atoms with E-state index in [-0.39, 0.29) is 5.91 Å². The van der Waals surface area contributed by atoms with Gasteiger partial charge in [-0.15, -0.1) is 0 Å². The van der Waals surface area contributed by atoms with Gasteiger partial charge in [0.25, 0.3) is 0 Å². The number of halogens is 1. The van der Waals surface area contributed by atoms with Crippen LogP contribution in [0.5, 0.6) is 5.88 Å². The van der Waals surface area contributed by atoms with E-state index >= 15 is 0 Å². The molecule has 186 valence electrons. The molecule has 2 fully saturated rings. The standard InChI is InChI=1S/C30H32ClN3O2/c1-18(35)34-21-13-15-28(34)27(16-21)32-17-20-12-14-26(33-30(20)36-2)25-11-5-10-24(29(25)31)23-9-4-7-19-6-3-8-22(19)23/h4-5,7,9-12,14,21,27-28,32H,3,6,8,13,15-17H2,1-2H3. The van der Waals surface area contributed by atoms with Crippen LogP contribution < -0.4 is 10.1 Å². The molecule has 3 atom stereocenters. The lowest BCUT2D eigenvalue weighted by Gasteiger charge is -2.24. The number of pyridine rings is 1. The summed E-state index contributed by atoms with van der Waals surface area (Å²) in [5.74, 6) is 0.795. The highest BCUT2D eigenvalue weighted by atomic mass is 35.5. The number of amides is 1. The summed E-state index contributed by atoms with van der Waals surface area (Å²) in [6.07, 6.45) is 6.66. The molecule has 1 N–H and O–H groups in total. The van der Waals surface area contributed by atoms with Crippen molar-refractivity contribution in [2.45, 2.75) is 70.1 Å². The third-order valence-electron chi connectivity index (χ3n) is 8.30. The van der Waals surface area contributed by atoms with Gasteiger partial charge >= 0.3 is 0 Å². The van der Waals surface area contributed by atoms with E-state index in [2.05, 4.69) is 46.6 Å². The lowest BCUT2D eigenvalue weighted by Crippen LogP contribution is -2.42. The molecule has 1 amide bonds. The fourth-order valence-corrected chi connectivity index (χ4v) is 7.00. The molecule has 0 saturated carbocycles. The molecule has 5 nitrogen and oxygen atoms in total. The summed E-state index contributed by atoms with van der Waals surface area (Å²) in [4.78, 5) is 19.0. The maximum atomic E-state index is 12.1. The second-order valence-corrected chi connectivity index (χ2v) is 10.7. The van der Waals surface area contributed by atoms with Gasteiger partial charge in [-0.25, -0.2) is 4.98 Å². The highest BCUT2D eigenvalue weighted by Crippen LogP contribution is 2.41. The van der Waals surface area contributed by atoms with Crippen molar-refractivity contribution < 1.29 is 9.53 Å². The Morgan fingerprint density at radius 2 is 1.89 bits per heavy atom. The van der Waals surface area contributed by atoms with Gasteiger partial charge < -0.3 is 15.0 Å². The van der Waals surface area contributed by atoms with Crippen molar-refractivity contribution in [2.24, 2.45) is 0 Å². The number of aromatic nitrogens is 1. The first-order valence-corrected chi connectivity index (χ1v) is 13.4. The Labute approximate surface area is 217 Å². The summed E-state index contributed by atoms with van der Waals surface area (Å²) in [7, 11) is 1.66. The first kappa shape index (κ1) is 23.5. The summed E-state index contributed by atoms with van der Waals surface area (Å²) in [5.41, 5.74) is 7.87. The SMILES string of the molecule is COc1nc(-c2cccc(-c3cccc4c3CCC4)c2Cl)ccc1CNC1CC2CCC1N2C(C)=O. The van der Waals surface area contributed by atoms with Crippen LogP contribution in [-0.4, -0.2) is 41.0 Å². The molecule has 3 heterocycles. The first-order chi connectivity index (χ1) is 17.5. The minimum Gasteiger partial charge on any atom is -0.481 e. The summed E-state index contributed by atoms with van der Waals surface area (Å²) < 4.78 is 5.70. The molecule has 0 spiro atoms. The Morgan fingerprint density at radius 3 is 2.69 bits per heavy atom. The first-order valence-electron chi connectivity index (χ1n) is 13.0. The minimum atomic E-state index is 0.190. The number of carbonyl (C=O) groups excluding carboxylic acids is 1. The molecule has 2 aromatic carbocycles. The molecule has 6 heteroatoms. The summed E-state index contributed by atoms with van der Waals surface area (Å²) in [5, 5.41) is 4.40. The summed E-state index contributed by atoms with van der Waals surface area (Å²) >= 11 is 7.01. The third-order valence-corrected chi connectivity index (χ3v) is 8.71. The topological polar surface area (TPSA) is 54.5 Å². The highest BCUT2D eigenvalue weighted by molar-refractivity contribution is 6.36. The molecule has 1 aliphatic carbocycles. The van der Waals surface area contributed by atoms with Gasteiger partial charge in [-0.05, 0) is 61.3 Å². The lowest BCUT2D eigenvalue weighted by atomic mass is 9.94. The van der Waals surface area contributed by atoms with E-state index < -0.39 is 0 Å². The molecule has 6 rings (SSSR count). The molecule has 1 aromatic heterocycles. The molecule has 36 heavy (non-hydrogen) atoms. The van der Waals surface area contributed by atoms with E-state index in [4.69, 9.17) is 21.3 Å². The Bertz CT molecular complexity index is 1320. The van der Waals surface area contributed by atoms with Crippen LogP contribution in [0.1, 0.15) is 49.3 Å². The number of benzene rings is 2. The fourth-order valence-electron chi connectivity index (χ4n) is 6.68. The van der Waals surface area contributed by atoms with Gasteiger partial charge in [-0.3, -0.25) is 4.79 Å². The largest absolute Gasteiger partial charge is 0.481 e. The Hall–Kier alpha value is -2.89. The molecule has 2 aliphatic heterocycles. The number of hydrogen-bond acceptors (Lipinski definition) is 4. The molecule has 2 saturated heterocycles. The van der Waals surface area contributed by atoms with Gasteiger partial charge in [0.1, 0.15) is 0 Å². The molecular weight excluding hydrogens is 470 g/mol. The predicted molar refractivity (Wildman–Crippen MR) is 143 cm³/mol. The molecule has 3 aliphatic rings. The number of carbonyl (C=O) groups is 1. The van der Waals surface area contributed by atoms with Gasteiger partial charge in [0, 0.05) is 48.3 Å². The zero-order chi connectivity index (χ0) is 24.8. The van der Waals surface area contributed by atoms with Crippen LogP contribution in [0.3, 0.4) is 0 Å². The molecule has 0 radical (unpaired) electrons. The van der Waals surface area contributed by atoms with Crippen LogP contribution >= 0.6 is 11.6 Å². The van der Waals surface area contributed by atoms with Gasteiger partial charge in [0.2, 0.25) is 11.8 Å². The van der Waals surface area contributed by atoms with Crippen molar-refractivity contribution in [1.82, 2.24) is 15.2 Å². The van der Waals surface area contributed by atoms with Crippen LogP contribution in [0, 0.1) is 0 Å². The Balaban J connectivity index is 1.25. The second-order valence-electron chi connectivity index (χ2n) is 10.3. The molecule has 3 unspecified atom stereocenters. The van der Waals surface area contributed by atoms with Crippen LogP contribution in [0.15, 0.2) is 48.5 Å². The summed E-state index contributed by atoms with van der Waals surface area (Å²) in [6.45, 7) is 2.34. The minimum absolute atomic E-state index is 0.190. The number of fused-ring (bicyclic) bond motifs is 3. The summed E-state index contributed by atoms with van der Waals surface area (Å²) in [6, 6.07) is 17.8.